The molecule has 0 amide bonds. The fourth-order valence-corrected chi connectivity index (χ4v) is 4.64. The Balaban J connectivity index is 1.66. The number of thiocarbonyl (C=S) groups is 1. The van der Waals surface area contributed by atoms with Gasteiger partial charge >= 0.3 is 0 Å². The van der Waals surface area contributed by atoms with E-state index in [1.165, 1.54) is 0 Å². The van der Waals surface area contributed by atoms with Crippen molar-refractivity contribution in [2.75, 3.05) is 12.0 Å². The van der Waals surface area contributed by atoms with Crippen molar-refractivity contribution in [1.29, 1.82) is 0 Å². The highest BCUT2D eigenvalue weighted by atomic mass is 35.5. The van der Waals surface area contributed by atoms with Crippen molar-refractivity contribution >= 4 is 34.6 Å². The highest BCUT2D eigenvalue weighted by Gasteiger charge is 2.42. The lowest BCUT2D eigenvalue weighted by atomic mass is 10.0. The van der Waals surface area contributed by atoms with Gasteiger partial charge in [-0.25, -0.2) is 0 Å². The Morgan fingerprint density at radius 2 is 1.81 bits per heavy atom. The van der Waals surface area contributed by atoms with Gasteiger partial charge in [-0.3, -0.25) is 4.98 Å². The first-order valence-corrected chi connectivity index (χ1v) is 11.0. The molecule has 1 aliphatic rings. The fraction of sp³-hybridized carbons (Fsp3) is 0.120. The molecular weight excluding hydrogens is 440 g/mol. The average Bonchev–Trinajstić information content (AvgIpc) is 3.44. The predicted molar refractivity (Wildman–Crippen MR) is 132 cm³/mol. The van der Waals surface area contributed by atoms with Crippen LogP contribution in [-0.2, 0) is 0 Å². The molecule has 0 saturated carbocycles. The van der Waals surface area contributed by atoms with Gasteiger partial charge in [-0.05, 0) is 72.9 Å². The molecule has 0 aliphatic carbocycles. The van der Waals surface area contributed by atoms with Crippen molar-refractivity contribution in [3.05, 3.63) is 108 Å². The Hall–Kier alpha value is -3.35. The molecule has 2 aromatic heterocycles. The van der Waals surface area contributed by atoms with Crippen molar-refractivity contribution in [1.82, 2.24) is 14.9 Å². The third-order valence-corrected chi connectivity index (χ3v) is 6.18. The van der Waals surface area contributed by atoms with Gasteiger partial charge in [0.25, 0.3) is 0 Å². The lowest BCUT2D eigenvalue weighted by molar-refractivity contribution is 0.414. The Morgan fingerprint density at radius 1 is 0.969 bits per heavy atom. The van der Waals surface area contributed by atoms with Crippen molar-refractivity contribution in [2.24, 2.45) is 0 Å². The Labute approximate surface area is 197 Å². The summed E-state index contributed by atoms with van der Waals surface area (Å²) in [6, 6.07) is 25.6. The predicted octanol–water partition coefficient (Wildman–Crippen LogP) is 5.71. The molecule has 32 heavy (non-hydrogen) atoms. The molecule has 0 bridgehead atoms. The van der Waals surface area contributed by atoms with Gasteiger partial charge in [0.2, 0.25) is 0 Å². The highest BCUT2D eigenvalue weighted by Crippen LogP contribution is 2.42. The van der Waals surface area contributed by atoms with Crippen LogP contribution in [0.25, 0.3) is 5.69 Å². The maximum atomic E-state index is 6.16. The second-order valence-electron chi connectivity index (χ2n) is 7.48. The minimum absolute atomic E-state index is 0.125. The zero-order chi connectivity index (χ0) is 22.1. The Morgan fingerprint density at radius 3 is 2.56 bits per heavy atom. The minimum Gasteiger partial charge on any atom is -0.497 e. The molecular formula is C25H21ClN4OS. The number of rotatable bonds is 5. The molecule has 7 heteroatoms. The third kappa shape index (κ3) is 3.72. The largest absolute Gasteiger partial charge is 0.497 e. The molecule has 2 aromatic carbocycles. The van der Waals surface area contributed by atoms with Crippen molar-refractivity contribution < 1.29 is 4.74 Å². The van der Waals surface area contributed by atoms with Crippen LogP contribution < -0.4 is 15.0 Å². The number of nitrogens with one attached hydrogen (secondary N) is 1. The quantitative estimate of drug-likeness (QED) is 0.386. The van der Waals surface area contributed by atoms with Crippen LogP contribution >= 0.6 is 23.8 Å². The van der Waals surface area contributed by atoms with E-state index in [4.69, 9.17) is 28.6 Å². The molecule has 1 aliphatic heterocycles. The van der Waals surface area contributed by atoms with Crippen LogP contribution in [0.4, 0.5) is 5.69 Å². The fourth-order valence-electron chi connectivity index (χ4n) is 4.17. The number of aromatic nitrogens is 2. The number of hydrogen-bond acceptors (Lipinski definition) is 3. The summed E-state index contributed by atoms with van der Waals surface area (Å²) in [7, 11) is 1.67. The third-order valence-electron chi connectivity index (χ3n) is 5.62. The number of pyridine rings is 1. The van der Waals surface area contributed by atoms with Crippen LogP contribution in [0.5, 0.6) is 5.75 Å². The summed E-state index contributed by atoms with van der Waals surface area (Å²) < 4.78 is 7.62. The van der Waals surface area contributed by atoms with Crippen LogP contribution in [-0.4, -0.2) is 21.8 Å². The molecule has 5 rings (SSSR count). The van der Waals surface area contributed by atoms with Gasteiger partial charge in [0, 0.05) is 40.6 Å². The van der Waals surface area contributed by atoms with Gasteiger partial charge in [0.15, 0.2) is 5.11 Å². The van der Waals surface area contributed by atoms with Gasteiger partial charge in [-0.2, -0.15) is 0 Å². The molecule has 1 fully saturated rings. The van der Waals surface area contributed by atoms with Gasteiger partial charge in [-0.1, -0.05) is 23.7 Å². The number of benzene rings is 2. The number of methoxy groups -OCH3 is 1. The molecule has 160 valence electrons. The molecule has 0 unspecified atom stereocenters. The van der Waals surface area contributed by atoms with Crippen molar-refractivity contribution in [3.8, 4) is 11.4 Å². The van der Waals surface area contributed by atoms with Crippen LogP contribution in [0.1, 0.15) is 23.5 Å². The standard InChI is InChI=1S/C25H21ClN4OS/c1-31-20-7-4-6-19(16-20)29-15-5-9-22(29)24-23(21-8-2-3-14-27-21)28-25(32)30(24)18-12-10-17(26)11-13-18/h2-16,23-24H,1H3,(H,28,32)/t23-,24+/m1/s1. The summed E-state index contributed by atoms with van der Waals surface area (Å²) in [5.41, 5.74) is 3.98. The summed E-state index contributed by atoms with van der Waals surface area (Å²) in [5.74, 6) is 0.804. The van der Waals surface area contributed by atoms with E-state index in [2.05, 4.69) is 38.1 Å². The molecule has 3 heterocycles. The molecule has 1 saturated heterocycles. The summed E-state index contributed by atoms with van der Waals surface area (Å²) in [6.45, 7) is 0. The minimum atomic E-state index is -0.126. The number of anilines is 1. The number of nitrogens with zero attached hydrogens (tertiary/aromatic N) is 3. The van der Waals surface area contributed by atoms with Crippen molar-refractivity contribution in [3.63, 3.8) is 0 Å². The topological polar surface area (TPSA) is 42.3 Å². The maximum absolute atomic E-state index is 6.16. The first kappa shape index (κ1) is 20.5. The molecule has 4 aromatic rings. The van der Waals surface area contributed by atoms with Crippen molar-refractivity contribution in [2.45, 2.75) is 12.1 Å². The van der Waals surface area contributed by atoms with E-state index < -0.39 is 0 Å². The molecule has 0 radical (unpaired) electrons. The average molecular weight is 461 g/mol. The van der Waals surface area contributed by atoms with Gasteiger partial charge in [0.1, 0.15) is 11.8 Å². The lowest BCUT2D eigenvalue weighted by Gasteiger charge is -2.29. The molecule has 5 nitrogen and oxygen atoms in total. The number of hydrogen-bond donors (Lipinski definition) is 1. The second-order valence-corrected chi connectivity index (χ2v) is 8.30. The van der Waals surface area contributed by atoms with E-state index in [-0.39, 0.29) is 12.1 Å². The first-order valence-electron chi connectivity index (χ1n) is 10.2. The SMILES string of the molecule is COc1cccc(-n2cccc2[C@H]2[C@@H](c3ccccn3)NC(=S)N2c2ccc(Cl)cc2)c1. The van der Waals surface area contributed by atoms with E-state index in [9.17, 15) is 0 Å². The summed E-state index contributed by atoms with van der Waals surface area (Å²) in [4.78, 5) is 6.76. The van der Waals surface area contributed by atoms with Crippen LogP contribution in [0.2, 0.25) is 5.02 Å². The second kappa shape index (κ2) is 8.65. The zero-order valence-electron chi connectivity index (χ0n) is 17.4. The lowest BCUT2D eigenvalue weighted by Crippen LogP contribution is -2.30. The monoisotopic (exact) mass is 460 g/mol. The number of halogens is 1. The van der Waals surface area contributed by atoms with E-state index in [0.29, 0.717) is 10.1 Å². The maximum Gasteiger partial charge on any atom is 0.174 e. The van der Waals surface area contributed by atoms with Gasteiger partial charge < -0.3 is 19.5 Å². The Bertz CT molecular complexity index is 1240. The van der Waals surface area contributed by atoms with Crippen LogP contribution in [0.15, 0.2) is 91.3 Å². The summed E-state index contributed by atoms with van der Waals surface area (Å²) in [5, 5.41) is 4.83. The summed E-state index contributed by atoms with van der Waals surface area (Å²) in [6.07, 6.45) is 3.87. The van der Waals surface area contributed by atoms with Gasteiger partial charge in [-0.15, -0.1) is 0 Å². The van der Waals surface area contributed by atoms with E-state index >= 15 is 0 Å². The zero-order valence-corrected chi connectivity index (χ0v) is 18.9. The highest BCUT2D eigenvalue weighted by molar-refractivity contribution is 7.80. The first-order chi connectivity index (χ1) is 15.7. The van der Waals surface area contributed by atoms with E-state index in [1.54, 1.807) is 7.11 Å². The number of ether oxygens (including phenoxy) is 1. The normalized spacial score (nSPS) is 17.9. The van der Waals surface area contributed by atoms with E-state index in [1.807, 2.05) is 72.9 Å². The van der Waals surface area contributed by atoms with Crippen LogP contribution in [0.3, 0.4) is 0 Å². The van der Waals surface area contributed by atoms with E-state index in [0.717, 1.165) is 28.5 Å². The molecule has 0 spiro atoms. The molecule has 2 atom stereocenters. The Kier molecular flexibility index (Phi) is 5.55. The smallest absolute Gasteiger partial charge is 0.174 e. The van der Waals surface area contributed by atoms with Crippen LogP contribution in [0, 0.1) is 0 Å². The summed E-state index contributed by atoms with van der Waals surface area (Å²) >= 11 is 12.0. The molecule has 1 N–H and O–H groups in total. The van der Waals surface area contributed by atoms with Gasteiger partial charge in [0.05, 0.1) is 18.8 Å².